The van der Waals surface area contributed by atoms with Crippen molar-refractivity contribution in [1.29, 1.82) is 0 Å². The predicted octanol–water partition coefficient (Wildman–Crippen LogP) is 2.23. The summed E-state index contributed by atoms with van der Waals surface area (Å²) in [6.07, 6.45) is 0.910. The van der Waals surface area contributed by atoms with Crippen LogP contribution in [0, 0.1) is 29.1 Å². The molecule has 0 radical (unpaired) electrons. The van der Waals surface area contributed by atoms with E-state index in [4.69, 9.17) is 0 Å². The van der Waals surface area contributed by atoms with Crippen molar-refractivity contribution in [2.24, 2.45) is 29.1 Å². The smallest absolute Gasteiger partial charge is 0.243 e. The molecule has 6 atom stereocenters. The molecule has 4 amide bonds. The zero-order valence-electron chi connectivity index (χ0n) is 23.9. The Labute approximate surface area is 243 Å². The minimum absolute atomic E-state index is 0.00683. The van der Waals surface area contributed by atoms with E-state index in [1.165, 1.54) is 11.3 Å². The van der Waals surface area contributed by atoms with E-state index in [9.17, 15) is 24.0 Å². The average molecular weight is 580 g/mol. The van der Waals surface area contributed by atoms with Crippen LogP contribution in [-0.2, 0) is 19.2 Å². The number of carbonyl (C=O) groups excluding carboxylic acids is 5. The first-order valence-corrected chi connectivity index (χ1v) is 15.4. The highest BCUT2D eigenvalue weighted by Gasteiger charge is 2.69. The van der Waals surface area contributed by atoms with E-state index in [1.54, 1.807) is 9.80 Å². The zero-order chi connectivity index (χ0) is 29.2. The van der Waals surface area contributed by atoms with Crippen LogP contribution in [0.1, 0.15) is 56.8 Å². The number of aromatic nitrogens is 1. The molecule has 218 valence electrons. The van der Waals surface area contributed by atoms with Crippen LogP contribution in [0.15, 0.2) is 24.3 Å². The van der Waals surface area contributed by atoms with Crippen molar-refractivity contribution >= 4 is 51.0 Å². The summed E-state index contributed by atoms with van der Waals surface area (Å²) in [7, 11) is 0. The number of Topliss-reactive ketones (excluding diaryl/α,β-unsaturated/α-hetero) is 1. The molecule has 4 fully saturated rings. The van der Waals surface area contributed by atoms with Crippen molar-refractivity contribution in [2.45, 2.75) is 65.1 Å². The van der Waals surface area contributed by atoms with Gasteiger partial charge in [0.05, 0.1) is 22.2 Å². The van der Waals surface area contributed by atoms with Crippen LogP contribution >= 0.6 is 11.3 Å². The summed E-state index contributed by atoms with van der Waals surface area (Å²) >= 11 is 1.27. The Hall–Kier alpha value is -3.34. The second-order valence-electron chi connectivity index (χ2n) is 12.9. The highest BCUT2D eigenvalue weighted by molar-refractivity contribution is 7.20. The number of amides is 4. The fourth-order valence-electron chi connectivity index (χ4n) is 7.21. The molecule has 41 heavy (non-hydrogen) atoms. The molecule has 0 unspecified atom stereocenters. The number of hydrogen-bond acceptors (Lipinski definition) is 7. The highest BCUT2D eigenvalue weighted by Crippen LogP contribution is 2.65. The lowest BCUT2D eigenvalue weighted by Gasteiger charge is -2.33. The maximum absolute atomic E-state index is 14.1. The fraction of sp³-hybridized carbons (Fsp3) is 0.600. The quantitative estimate of drug-likeness (QED) is 0.462. The van der Waals surface area contributed by atoms with E-state index in [0.29, 0.717) is 31.6 Å². The lowest BCUT2D eigenvalue weighted by Crippen LogP contribution is -2.55. The average Bonchev–Trinajstić information content (AvgIpc) is 3.55. The van der Waals surface area contributed by atoms with Crippen molar-refractivity contribution in [3.05, 3.63) is 29.3 Å². The maximum Gasteiger partial charge on any atom is 0.243 e. The molecule has 1 aromatic heterocycles. The summed E-state index contributed by atoms with van der Waals surface area (Å²) in [4.78, 5) is 74.5. The molecular weight excluding hydrogens is 542 g/mol. The van der Waals surface area contributed by atoms with Gasteiger partial charge in [-0.15, -0.1) is 11.3 Å². The molecule has 3 aliphatic heterocycles. The van der Waals surface area contributed by atoms with Crippen LogP contribution in [-0.4, -0.2) is 82.0 Å². The van der Waals surface area contributed by atoms with Gasteiger partial charge in [0.2, 0.25) is 29.4 Å². The molecule has 3 saturated heterocycles. The third-order valence-corrected chi connectivity index (χ3v) is 10.8. The van der Waals surface area contributed by atoms with E-state index < -0.39 is 23.9 Å². The minimum Gasteiger partial charge on any atom is -0.356 e. The second-order valence-corrected chi connectivity index (χ2v) is 13.9. The lowest BCUT2D eigenvalue weighted by atomic mass is 9.94. The summed E-state index contributed by atoms with van der Waals surface area (Å²) in [5.41, 5.74) is 0.604. The van der Waals surface area contributed by atoms with Gasteiger partial charge in [-0.1, -0.05) is 26.0 Å². The molecule has 6 rings (SSSR count). The summed E-state index contributed by atoms with van der Waals surface area (Å²) < 4.78 is 0.872. The Morgan fingerprint density at radius 3 is 2.59 bits per heavy atom. The number of fused-ring (bicyclic) bond motifs is 2. The summed E-state index contributed by atoms with van der Waals surface area (Å²) in [5, 5.41) is 6.09. The van der Waals surface area contributed by atoms with Crippen LogP contribution in [0.2, 0.25) is 0 Å². The topological polar surface area (TPSA) is 129 Å². The van der Waals surface area contributed by atoms with Crippen LogP contribution in [0.3, 0.4) is 0 Å². The molecule has 2 aromatic rings. The molecule has 11 heteroatoms. The number of carbonyl (C=O) groups is 5. The Morgan fingerprint density at radius 1 is 1.17 bits per heavy atom. The Morgan fingerprint density at radius 2 is 1.93 bits per heavy atom. The molecule has 10 nitrogen and oxygen atoms in total. The largest absolute Gasteiger partial charge is 0.356 e. The number of hydrogen-bond donors (Lipinski definition) is 2. The monoisotopic (exact) mass is 579 g/mol. The number of rotatable bonds is 8. The van der Waals surface area contributed by atoms with Crippen molar-refractivity contribution < 1.29 is 24.0 Å². The normalized spacial score (nSPS) is 29.1. The Kier molecular flexibility index (Phi) is 6.91. The predicted molar refractivity (Wildman–Crippen MR) is 153 cm³/mol. The Bertz CT molecular complexity index is 1400. The molecule has 4 heterocycles. The van der Waals surface area contributed by atoms with Gasteiger partial charge < -0.3 is 20.4 Å². The lowest BCUT2D eigenvalue weighted by molar-refractivity contribution is -0.143. The van der Waals surface area contributed by atoms with E-state index in [1.807, 2.05) is 38.1 Å². The van der Waals surface area contributed by atoms with Gasteiger partial charge in [0.1, 0.15) is 6.04 Å². The molecule has 1 aliphatic carbocycles. The maximum atomic E-state index is 14.1. The number of benzene rings is 1. The molecule has 0 spiro atoms. The van der Waals surface area contributed by atoms with Gasteiger partial charge in [0.25, 0.3) is 0 Å². The number of nitrogens with zero attached hydrogens (tertiary/aromatic N) is 3. The first-order valence-electron chi connectivity index (χ1n) is 14.5. The van der Waals surface area contributed by atoms with Gasteiger partial charge in [0, 0.05) is 38.0 Å². The van der Waals surface area contributed by atoms with Crippen LogP contribution in [0.5, 0.6) is 0 Å². The summed E-state index contributed by atoms with van der Waals surface area (Å²) in [5.74, 6) is -1.76. The van der Waals surface area contributed by atoms with Gasteiger partial charge >= 0.3 is 0 Å². The number of nitrogens with one attached hydrogen (secondary N) is 2. The first-order chi connectivity index (χ1) is 19.5. The summed E-state index contributed by atoms with van der Waals surface area (Å²) in [6.45, 7) is 9.43. The van der Waals surface area contributed by atoms with Gasteiger partial charge in [-0.25, -0.2) is 4.98 Å². The third-order valence-electron chi connectivity index (χ3n) is 9.71. The fourth-order valence-corrected chi connectivity index (χ4v) is 8.17. The minimum atomic E-state index is -0.945. The molecule has 4 aliphatic rings. The molecule has 1 saturated carbocycles. The van der Waals surface area contributed by atoms with E-state index in [-0.39, 0.29) is 70.6 Å². The number of para-hydroxylation sites is 1. The number of ketones is 1. The van der Waals surface area contributed by atoms with Gasteiger partial charge in [0.15, 0.2) is 5.01 Å². The SMILES string of the molecule is CC(C)N1C[C@H](C(=O)N2C[C@H]3[C@@H]([C@H]2C(=O)N[C@@H](C[C@@H]2CCNC2=O)C(=O)c2nc4ccccc4s2)C3(C)C)CC1=O. The van der Waals surface area contributed by atoms with Crippen molar-refractivity contribution in [1.82, 2.24) is 25.4 Å². The molecule has 1 aromatic carbocycles. The van der Waals surface area contributed by atoms with E-state index in [2.05, 4.69) is 29.5 Å². The zero-order valence-corrected chi connectivity index (χ0v) is 24.7. The van der Waals surface area contributed by atoms with Crippen LogP contribution in [0.25, 0.3) is 10.2 Å². The van der Waals surface area contributed by atoms with Crippen molar-refractivity contribution in [3.8, 4) is 0 Å². The van der Waals surface area contributed by atoms with E-state index >= 15 is 0 Å². The standard InChI is InChI=1S/C30H37N5O5S/c1-15(2)34-13-17(12-22(34)36)29(40)35-14-18-23(30(18,3)4)24(35)27(39)32-20(11-16-9-10-31-26(16)38)25(37)28-33-19-7-5-6-8-21(19)41-28/h5-8,15-18,20,23-24H,9-14H2,1-4H3,(H,31,38)(H,32,39)/t16-,17+,18-,20-,23-,24-/m0/s1. The highest BCUT2D eigenvalue weighted by atomic mass is 32.1. The van der Waals surface area contributed by atoms with Gasteiger partial charge in [-0.05, 0) is 56.1 Å². The van der Waals surface area contributed by atoms with Gasteiger partial charge in [-0.2, -0.15) is 0 Å². The third kappa shape index (κ3) is 4.81. The first kappa shape index (κ1) is 27.8. The number of likely N-dealkylation sites (tertiary alicyclic amines) is 2. The molecular formula is C30H37N5O5S. The number of thiazole rings is 1. The second kappa shape index (κ2) is 10.2. The Balaban J connectivity index is 1.25. The molecule has 0 bridgehead atoms. The van der Waals surface area contributed by atoms with Crippen molar-refractivity contribution in [3.63, 3.8) is 0 Å². The van der Waals surface area contributed by atoms with Crippen LogP contribution in [0.4, 0.5) is 0 Å². The summed E-state index contributed by atoms with van der Waals surface area (Å²) in [6, 6.07) is 5.81. The molecule has 2 N–H and O–H groups in total. The number of piperidine rings is 1. The van der Waals surface area contributed by atoms with Gasteiger partial charge in [-0.3, -0.25) is 24.0 Å². The van der Waals surface area contributed by atoms with Crippen LogP contribution < -0.4 is 10.6 Å². The van der Waals surface area contributed by atoms with Crippen molar-refractivity contribution in [2.75, 3.05) is 19.6 Å². The van der Waals surface area contributed by atoms with E-state index in [0.717, 1.165) is 4.70 Å².